The standard InChI is InChI=1S/C14H24N2O4S2.ClH/c1-11(2)14(15)9-10-16(3)22(19,20)13-7-5-12(6-8-13)21(4,17)18;/h5-8,11,14H,9-10,15H2,1-4H3;1H. The fraction of sp³-hybridized carbons (Fsp3) is 0.571. The van der Waals surface area contributed by atoms with Crippen LogP contribution in [-0.4, -0.2) is 47.0 Å². The summed E-state index contributed by atoms with van der Waals surface area (Å²) in [5.74, 6) is 0.283. The summed E-state index contributed by atoms with van der Waals surface area (Å²) < 4.78 is 48.9. The highest BCUT2D eigenvalue weighted by Crippen LogP contribution is 2.18. The first kappa shape index (κ1) is 22.3. The summed E-state index contributed by atoms with van der Waals surface area (Å²) >= 11 is 0. The predicted octanol–water partition coefficient (Wildman–Crippen LogP) is 1.51. The van der Waals surface area contributed by atoms with Gasteiger partial charge in [0.2, 0.25) is 10.0 Å². The topological polar surface area (TPSA) is 97.5 Å². The molecule has 0 bridgehead atoms. The molecule has 0 fully saturated rings. The lowest BCUT2D eigenvalue weighted by molar-refractivity contribution is 0.397. The van der Waals surface area contributed by atoms with Crippen molar-refractivity contribution in [1.29, 1.82) is 0 Å². The van der Waals surface area contributed by atoms with Crippen LogP contribution in [0.5, 0.6) is 0 Å². The Kier molecular flexibility index (Phi) is 8.19. The number of sulfonamides is 1. The van der Waals surface area contributed by atoms with E-state index in [1.165, 1.54) is 35.6 Å². The molecule has 0 aliphatic heterocycles. The summed E-state index contributed by atoms with van der Waals surface area (Å²) in [5, 5.41) is 0. The lowest BCUT2D eigenvalue weighted by Gasteiger charge is -2.21. The molecule has 0 radical (unpaired) electrons. The summed E-state index contributed by atoms with van der Waals surface area (Å²) in [6.07, 6.45) is 1.64. The highest BCUT2D eigenvalue weighted by Gasteiger charge is 2.22. The van der Waals surface area contributed by atoms with Gasteiger partial charge in [-0.1, -0.05) is 13.8 Å². The van der Waals surface area contributed by atoms with Crippen molar-refractivity contribution in [3.63, 3.8) is 0 Å². The van der Waals surface area contributed by atoms with E-state index in [9.17, 15) is 16.8 Å². The number of rotatable bonds is 7. The van der Waals surface area contributed by atoms with Gasteiger partial charge in [0.05, 0.1) is 9.79 Å². The normalized spacial score (nSPS) is 13.9. The van der Waals surface area contributed by atoms with Crippen molar-refractivity contribution in [3.8, 4) is 0 Å². The van der Waals surface area contributed by atoms with Crippen molar-refractivity contribution < 1.29 is 16.8 Å². The Morgan fingerprint density at radius 1 is 1.04 bits per heavy atom. The van der Waals surface area contributed by atoms with E-state index in [2.05, 4.69) is 0 Å². The molecule has 0 amide bonds. The van der Waals surface area contributed by atoms with Crippen LogP contribution < -0.4 is 5.73 Å². The maximum Gasteiger partial charge on any atom is 0.242 e. The quantitative estimate of drug-likeness (QED) is 0.768. The fourth-order valence-electron chi connectivity index (χ4n) is 1.82. The third kappa shape index (κ3) is 6.04. The highest BCUT2D eigenvalue weighted by atomic mass is 35.5. The number of benzene rings is 1. The van der Waals surface area contributed by atoms with Crippen LogP contribution >= 0.6 is 12.4 Å². The minimum absolute atomic E-state index is 0. The number of nitrogens with zero attached hydrogens (tertiary/aromatic N) is 1. The number of nitrogens with two attached hydrogens (primary N) is 1. The molecule has 0 aliphatic carbocycles. The van der Waals surface area contributed by atoms with Gasteiger partial charge in [0, 0.05) is 25.9 Å². The third-order valence-corrected chi connectivity index (χ3v) is 6.59. The smallest absolute Gasteiger partial charge is 0.242 e. The van der Waals surface area contributed by atoms with Gasteiger partial charge in [0.15, 0.2) is 9.84 Å². The number of hydrogen-bond donors (Lipinski definition) is 1. The van der Waals surface area contributed by atoms with Crippen molar-refractivity contribution in [2.45, 2.75) is 36.1 Å². The highest BCUT2D eigenvalue weighted by molar-refractivity contribution is 7.90. The molecule has 2 N–H and O–H groups in total. The van der Waals surface area contributed by atoms with Crippen LogP contribution in [0, 0.1) is 5.92 Å². The first-order chi connectivity index (χ1) is 9.96. The molecule has 23 heavy (non-hydrogen) atoms. The molecule has 0 aromatic heterocycles. The molecule has 134 valence electrons. The van der Waals surface area contributed by atoms with Gasteiger partial charge in [-0.2, -0.15) is 0 Å². The van der Waals surface area contributed by atoms with Crippen molar-refractivity contribution in [2.24, 2.45) is 11.7 Å². The van der Waals surface area contributed by atoms with E-state index in [1.54, 1.807) is 0 Å². The number of hydrogen-bond acceptors (Lipinski definition) is 5. The van der Waals surface area contributed by atoms with E-state index in [4.69, 9.17) is 5.73 Å². The van der Waals surface area contributed by atoms with E-state index < -0.39 is 19.9 Å². The molecule has 0 aliphatic rings. The third-order valence-electron chi connectivity index (χ3n) is 3.59. The van der Waals surface area contributed by atoms with E-state index in [-0.39, 0.29) is 34.2 Å². The second-order valence-corrected chi connectivity index (χ2v) is 9.83. The average Bonchev–Trinajstić information content (AvgIpc) is 2.43. The second-order valence-electron chi connectivity index (χ2n) is 5.77. The van der Waals surface area contributed by atoms with Crippen LogP contribution in [0.2, 0.25) is 0 Å². The van der Waals surface area contributed by atoms with Gasteiger partial charge in [0.1, 0.15) is 0 Å². The van der Waals surface area contributed by atoms with Crippen LogP contribution in [0.1, 0.15) is 20.3 Å². The molecule has 0 saturated heterocycles. The van der Waals surface area contributed by atoms with E-state index in [1.807, 2.05) is 13.8 Å². The van der Waals surface area contributed by atoms with Crippen molar-refractivity contribution in [3.05, 3.63) is 24.3 Å². The van der Waals surface area contributed by atoms with E-state index in [0.29, 0.717) is 13.0 Å². The minimum Gasteiger partial charge on any atom is -0.327 e. The minimum atomic E-state index is -3.64. The maximum absolute atomic E-state index is 12.4. The molecule has 1 aromatic rings. The Bertz CT molecular complexity index is 701. The Balaban J connectivity index is 0.00000484. The molecule has 1 rings (SSSR count). The lowest BCUT2D eigenvalue weighted by atomic mass is 10.0. The van der Waals surface area contributed by atoms with Crippen molar-refractivity contribution in [2.75, 3.05) is 19.8 Å². The van der Waals surface area contributed by atoms with Crippen molar-refractivity contribution >= 4 is 32.3 Å². The molecular formula is C14H25ClN2O4S2. The fourth-order valence-corrected chi connectivity index (χ4v) is 3.64. The average molecular weight is 385 g/mol. The summed E-state index contributed by atoms with van der Waals surface area (Å²) in [6, 6.07) is 5.16. The van der Waals surface area contributed by atoms with Crippen LogP contribution in [0.3, 0.4) is 0 Å². The summed E-state index contributed by atoms with van der Waals surface area (Å²) in [7, 11) is -5.49. The molecule has 1 aromatic carbocycles. The summed E-state index contributed by atoms with van der Waals surface area (Å²) in [6.45, 7) is 4.29. The van der Waals surface area contributed by atoms with Crippen LogP contribution in [0.15, 0.2) is 34.1 Å². The monoisotopic (exact) mass is 384 g/mol. The zero-order valence-corrected chi connectivity index (χ0v) is 16.2. The Morgan fingerprint density at radius 3 is 1.87 bits per heavy atom. The molecule has 0 spiro atoms. The van der Waals surface area contributed by atoms with Crippen molar-refractivity contribution in [1.82, 2.24) is 4.31 Å². The maximum atomic E-state index is 12.4. The Labute approximate surface area is 145 Å². The number of halogens is 1. The van der Waals surface area contributed by atoms with Gasteiger partial charge in [-0.3, -0.25) is 0 Å². The predicted molar refractivity (Wildman–Crippen MR) is 94.0 cm³/mol. The van der Waals surface area contributed by atoms with E-state index in [0.717, 1.165) is 6.26 Å². The molecule has 0 saturated carbocycles. The first-order valence-electron chi connectivity index (χ1n) is 6.98. The van der Waals surface area contributed by atoms with Gasteiger partial charge in [-0.15, -0.1) is 12.4 Å². The first-order valence-corrected chi connectivity index (χ1v) is 10.3. The zero-order valence-electron chi connectivity index (χ0n) is 13.8. The van der Waals surface area contributed by atoms with Crippen LogP contribution in [-0.2, 0) is 19.9 Å². The molecule has 1 atom stereocenters. The van der Waals surface area contributed by atoms with Crippen LogP contribution in [0.4, 0.5) is 0 Å². The Hall–Kier alpha value is -0.670. The molecule has 1 unspecified atom stereocenters. The van der Waals surface area contributed by atoms with Gasteiger partial charge in [-0.25, -0.2) is 21.1 Å². The molecular weight excluding hydrogens is 360 g/mol. The second kappa shape index (κ2) is 8.43. The van der Waals surface area contributed by atoms with Gasteiger partial charge < -0.3 is 5.73 Å². The number of sulfone groups is 1. The molecule has 9 heteroatoms. The van der Waals surface area contributed by atoms with Gasteiger partial charge >= 0.3 is 0 Å². The largest absolute Gasteiger partial charge is 0.327 e. The molecule has 6 nitrogen and oxygen atoms in total. The van der Waals surface area contributed by atoms with Crippen LogP contribution in [0.25, 0.3) is 0 Å². The summed E-state index contributed by atoms with van der Waals surface area (Å²) in [5.41, 5.74) is 5.93. The lowest BCUT2D eigenvalue weighted by Crippen LogP contribution is -2.34. The van der Waals surface area contributed by atoms with Gasteiger partial charge in [-0.05, 0) is 36.6 Å². The summed E-state index contributed by atoms with van der Waals surface area (Å²) in [4.78, 5) is 0.163. The molecule has 0 heterocycles. The zero-order chi connectivity index (χ0) is 17.1. The van der Waals surface area contributed by atoms with Gasteiger partial charge in [0.25, 0.3) is 0 Å². The van der Waals surface area contributed by atoms with E-state index >= 15 is 0 Å². The SMILES string of the molecule is CC(C)C(N)CCN(C)S(=O)(=O)c1ccc(S(C)(=O)=O)cc1.Cl. The Morgan fingerprint density at radius 2 is 1.48 bits per heavy atom.